The fraction of sp³-hybridized carbons (Fsp3) is 0.667. The third-order valence-electron chi connectivity index (χ3n) is 5.05. The van der Waals surface area contributed by atoms with Crippen molar-refractivity contribution in [1.82, 2.24) is 5.32 Å². The van der Waals surface area contributed by atoms with E-state index in [-0.39, 0.29) is 11.9 Å². The van der Waals surface area contributed by atoms with E-state index in [0.29, 0.717) is 6.04 Å². The molecule has 1 aliphatic carbocycles. The summed E-state index contributed by atoms with van der Waals surface area (Å²) in [6.07, 6.45) is 6.28. The Labute approximate surface area is 127 Å². The largest absolute Gasteiger partial charge is 0.488 e. The average Bonchev–Trinajstić information content (AvgIpc) is 2.87. The van der Waals surface area contributed by atoms with E-state index in [1.54, 1.807) is 12.1 Å². The molecule has 1 N–H and O–H groups in total. The van der Waals surface area contributed by atoms with Gasteiger partial charge in [-0.1, -0.05) is 26.7 Å². The molecule has 0 amide bonds. The van der Waals surface area contributed by atoms with Crippen molar-refractivity contribution < 1.29 is 9.13 Å². The zero-order valence-corrected chi connectivity index (χ0v) is 13.1. The van der Waals surface area contributed by atoms with Crippen molar-refractivity contribution in [2.24, 2.45) is 11.8 Å². The van der Waals surface area contributed by atoms with Gasteiger partial charge in [-0.25, -0.2) is 4.39 Å². The van der Waals surface area contributed by atoms with Crippen LogP contribution in [0.25, 0.3) is 0 Å². The van der Waals surface area contributed by atoms with Crippen LogP contribution in [0, 0.1) is 17.7 Å². The number of halogens is 1. The van der Waals surface area contributed by atoms with Crippen LogP contribution >= 0.6 is 0 Å². The minimum absolute atomic E-state index is 0.150. The van der Waals surface area contributed by atoms with Crippen molar-refractivity contribution in [1.29, 1.82) is 0 Å². The maximum Gasteiger partial charge on any atom is 0.123 e. The summed E-state index contributed by atoms with van der Waals surface area (Å²) in [6, 6.07) is 5.45. The second-order valence-electron chi connectivity index (χ2n) is 6.90. The molecule has 0 spiro atoms. The average molecular weight is 291 g/mol. The Morgan fingerprint density at radius 1 is 1.29 bits per heavy atom. The first-order valence-electron chi connectivity index (χ1n) is 8.32. The summed E-state index contributed by atoms with van der Waals surface area (Å²) >= 11 is 0. The van der Waals surface area contributed by atoms with Crippen molar-refractivity contribution in [2.75, 3.05) is 6.54 Å². The highest BCUT2D eigenvalue weighted by Gasteiger charge is 2.29. The van der Waals surface area contributed by atoms with Gasteiger partial charge in [-0.05, 0) is 42.9 Å². The molecule has 2 nitrogen and oxygen atoms in total. The van der Waals surface area contributed by atoms with Crippen LogP contribution in [0.15, 0.2) is 18.2 Å². The van der Waals surface area contributed by atoms with Crippen LogP contribution in [-0.2, 0) is 6.42 Å². The predicted octanol–water partition coefficient (Wildman–Crippen LogP) is 3.93. The molecule has 2 aliphatic rings. The lowest BCUT2D eigenvalue weighted by Crippen LogP contribution is -2.44. The minimum atomic E-state index is -0.168. The molecule has 21 heavy (non-hydrogen) atoms. The highest BCUT2D eigenvalue weighted by molar-refractivity contribution is 5.37. The Kier molecular flexibility index (Phi) is 4.48. The van der Waals surface area contributed by atoms with Gasteiger partial charge < -0.3 is 10.1 Å². The molecule has 1 aromatic rings. The monoisotopic (exact) mass is 291 g/mol. The minimum Gasteiger partial charge on any atom is -0.488 e. The summed E-state index contributed by atoms with van der Waals surface area (Å²) in [5.74, 6) is 2.20. The van der Waals surface area contributed by atoms with Gasteiger partial charge in [0.15, 0.2) is 0 Å². The van der Waals surface area contributed by atoms with Crippen molar-refractivity contribution in [2.45, 2.75) is 58.1 Å². The van der Waals surface area contributed by atoms with Crippen molar-refractivity contribution >= 4 is 0 Å². The van der Waals surface area contributed by atoms with Gasteiger partial charge in [0.25, 0.3) is 0 Å². The fourth-order valence-electron chi connectivity index (χ4n) is 3.90. The molecule has 1 saturated carbocycles. The Morgan fingerprint density at radius 2 is 2.10 bits per heavy atom. The predicted molar refractivity (Wildman–Crippen MR) is 83.1 cm³/mol. The molecular formula is C18H26FNO. The Morgan fingerprint density at radius 3 is 2.90 bits per heavy atom. The quantitative estimate of drug-likeness (QED) is 0.907. The molecule has 3 atom stereocenters. The van der Waals surface area contributed by atoms with Gasteiger partial charge in [0.2, 0.25) is 0 Å². The lowest BCUT2D eigenvalue weighted by atomic mass is 9.78. The van der Waals surface area contributed by atoms with Gasteiger partial charge in [-0.3, -0.25) is 0 Å². The third-order valence-corrected chi connectivity index (χ3v) is 5.05. The lowest BCUT2D eigenvalue weighted by Gasteiger charge is -2.35. The van der Waals surface area contributed by atoms with E-state index in [4.69, 9.17) is 4.74 Å². The van der Waals surface area contributed by atoms with Crippen molar-refractivity contribution in [3.8, 4) is 5.75 Å². The molecule has 1 heterocycles. The summed E-state index contributed by atoms with van der Waals surface area (Å²) < 4.78 is 19.2. The topological polar surface area (TPSA) is 21.3 Å². The number of rotatable bonds is 4. The number of ether oxygens (including phenoxy) is 1. The summed E-state index contributed by atoms with van der Waals surface area (Å²) in [6.45, 7) is 5.52. The van der Waals surface area contributed by atoms with Gasteiger partial charge >= 0.3 is 0 Å². The molecule has 3 rings (SSSR count). The standard InChI is InChI=1S/C18H26FNO/c1-12(2)16-5-3-4-6-17(16)20-11-15-10-13-9-14(19)7-8-18(13)21-15/h7-9,12,15-17,20H,3-6,10-11H2,1-2H3. The molecule has 0 saturated heterocycles. The highest BCUT2D eigenvalue weighted by atomic mass is 19.1. The first kappa shape index (κ1) is 14.8. The molecule has 0 radical (unpaired) electrons. The van der Waals surface area contributed by atoms with Crippen LogP contribution in [0.1, 0.15) is 45.1 Å². The van der Waals surface area contributed by atoms with E-state index in [2.05, 4.69) is 19.2 Å². The Bertz CT molecular complexity index is 488. The molecule has 3 unspecified atom stereocenters. The Balaban J connectivity index is 1.54. The van der Waals surface area contributed by atoms with Crippen molar-refractivity contribution in [3.63, 3.8) is 0 Å². The summed E-state index contributed by atoms with van der Waals surface area (Å²) in [4.78, 5) is 0. The van der Waals surface area contributed by atoms with E-state index < -0.39 is 0 Å². The number of hydrogen-bond acceptors (Lipinski definition) is 2. The normalized spacial score (nSPS) is 28.5. The van der Waals surface area contributed by atoms with Crippen LogP contribution in [-0.4, -0.2) is 18.7 Å². The van der Waals surface area contributed by atoms with Gasteiger partial charge in [0, 0.05) is 24.6 Å². The number of fused-ring (bicyclic) bond motifs is 1. The zero-order chi connectivity index (χ0) is 14.8. The van der Waals surface area contributed by atoms with E-state index in [9.17, 15) is 4.39 Å². The third kappa shape index (κ3) is 3.39. The lowest BCUT2D eigenvalue weighted by molar-refractivity contribution is 0.172. The van der Waals surface area contributed by atoms with Crippen LogP contribution in [0.3, 0.4) is 0 Å². The second kappa shape index (κ2) is 6.35. The molecule has 1 aromatic carbocycles. The summed E-state index contributed by atoms with van der Waals surface area (Å²) in [5, 5.41) is 3.73. The maximum atomic E-state index is 13.2. The number of hydrogen-bond donors (Lipinski definition) is 1. The SMILES string of the molecule is CC(C)C1CCCCC1NCC1Cc2cc(F)ccc2O1. The summed E-state index contributed by atoms with van der Waals surface area (Å²) in [7, 11) is 0. The van der Waals surface area contributed by atoms with Crippen LogP contribution in [0.2, 0.25) is 0 Å². The zero-order valence-electron chi connectivity index (χ0n) is 13.1. The van der Waals surface area contributed by atoms with Gasteiger partial charge in [0.1, 0.15) is 17.7 Å². The summed E-state index contributed by atoms with van der Waals surface area (Å²) in [5.41, 5.74) is 1.01. The van der Waals surface area contributed by atoms with Gasteiger partial charge in [-0.15, -0.1) is 0 Å². The highest BCUT2D eigenvalue weighted by Crippen LogP contribution is 2.32. The molecule has 0 aromatic heterocycles. The van der Waals surface area contributed by atoms with Gasteiger partial charge in [-0.2, -0.15) is 0 Å². The smallest absolute Gasteiger partial charge is 0.123 e. The second-order valence-corrected chi connectivity index (χ2v) is 6.90. The molecule has 1 aliphatic heterocycles. The maximum absolute atomic E-state index is 13.2. The molecule has 1 fully saturated rings. The van der Waals surface area contributed by atoms with Crippen LogP contribution in [0.4, 0.5) is 4.39 Å². The van der Waals surface area contributed by atoms with E-state index in [0.717, 1.165) is 36.1 Å². The number of benzene rings is 1. The van der Waals surface area contributed by atoms with Gasteiger partial charge in [0.05, 0.1) is 0 Å². The van der Waals surface area contributed by atoms with E-state index >= 15 is 0 Å². The Hall–Kier alpha value is -1.09. The van der Waals surface area contributed by atoms with Crippen LogP contribution in [0.5, 0.6) is 5.75 Å². The molecular weight excluding hydrogens is 265 g/mol. The molecule has 0 bridgehead atoms. The first-order valence-corrected chi connectivity index (χ1v) is 8.32. The van der Waals surface area contributed by atoms with Crippen LogP contribution < -0.4 is 10.1 Å². The van der Waals surface area contributed by atoms with E-state index in [1.807, 2.05) is 0 Å². The van der Waals surface area contributed by atoms with Crippen molar-refractivity contribution in [3.05, 3.63) is 29.6 Å². The number of nitrogens with one attached hydrogen (secondary N) is 1. The fourth-order valence-corrected chi connectivity index (χ4v) is 3.90. The molecule has 3 heteroatoms. The first-order chi connectivity index (χ1) is 10.1. The molecule has 116 valence electrons. The van der Waals surface area contributed by atoms with E-state index in [1.165, 1.54) is 31.7 Å².